The second-order valence-electron chi connectivity index (χ2n) is 5.03. The van der Waals surface area contributed by atoms with Gasteiger partial charge in [0, 0.05) is 6.42 Å². The Labute approximate surface area is 112 Å². The quantitative estimate of drug-likeness (QED) is 0.756. The van der Waals surface area contributed by atoms with Crippen LogP contribution >= 0.6 is 0 Å². The van der Waals surface area contributed by atoms with Crippen molar-refractivity contribution in [1.29, 1.82) is 0 Å². The van der Waals surface area contributed by atoms with Gasteiger partial charge in [-0.2, -0.15) is 0 Å². The summed E-state index contributed by atoms with van der Waals surface area (Å²) in [5.41, 5.74) is -1.31. The fraction of sp³-hybridized carbons (Fsp3) is 0.846. The molecule has 0 bridgehead atoms. The molecule has 1 saturated carbocycles. The van der Waals surface area contributed by atoms with Crippen LogP contribution in [0.4, 0.5) is 9.18 Å². The van der Waals surface area contributed by atoms with Gasteiger partial charge in [-0.15, -0.1) is 0 Å². The zero-order valence-corrected chi connectivity index (χ0v) is 11.3. The molecule has 0 aliphatic heterocycles. The number of carbonyl (C=O) groups excluding carboxylic acids is 1. The smallest absolute Gasteiger partial charge is 0.410 e. The van der Waals surface area contributed by atoms with Crippen molar-refractivity contribution in [3.63, 3.8) is 0 Å². The SMILES string of the molecule is CCCC(F)OC(=O)NC1(C(=O)O)CCCCCC1. The third kappa shape index (κ3) is 4.69. The fourth-order valence-electron chi connectivity index (χ4n) is 2.35. The summed E-state index contributed by atoms with van der Waals surface area (Å²) in [5, 5.41) is 11.7. The average molecular weight is 275 g/mol. The minimum absolute atomic E-state index is 0.119. The molecule has 1 amide bonds. The van der Waals surface area contributed by atoms with E-state index in [9.17, 15) is 19.1 Å². The van der Waals surface area contributed by atoms with Crippen LogP contribution < -0.4 is 5.32 Å². The van der Waals surface area contributed by atoms with E-state index in [0.29, 0.717) is 19.3 Å². The summed E-state index contributed by atoms with van der Waals surface area (Å²) in [4.78, 5) is 23.0. The van der Waals surface area contributed by atoms with Crippen LogP contribution in [0.3, 0.4) is 0 Å². The molecule has 1 atom stereocenters. The Bertz CT molecular complexity index is 314. The highest BCUT2D eigenvalue weighted by atomic mass is 19.1. The zero-order chi connectivity index (χ0) is 14.3. The van der Waals surface area contributed by atoms with Crippen molar-refractivity contribution in [3.8, 4) is 0 Å². The highest BCUT2D eigenvalue weighted by Gasteiger charge is 2.40. The molecule has 6 heteroatoms. The van der Waals surface area contributed by atoms with Crippen LogP contribution in [0.5, 0.6) is 0 Å². The van der Waals surface area contributed by atoms with Gasteiger partial charge in [0.2, 0.25) is 6.36 Å². The Morgan fingerprint density at radius 3 is 2.37 bits per heavy atom. The Kier molecular flexibility index (Phi) is 6.05. The Balaban J connectivity index is 2.62. The topological polar surface area (TPSA) is 75.6 Å². The van der Waals surface area contributed by atoms with Crippen LogP contribution in [0.15, 0.2) is 0 Å². The number of nitrogens with one attached hydrogen (secondary N) is 1. The second-order valence-corrected chi connectivity index (χ2v) is 5.03. The Morgan fingerprint density at radius 2 is 1.89 bits per heavy atom. The van der Waals surface area contributed by atoms with E-state index in [2.05, 4.69) is 10.1 Å². The maximum atomic E-state index is 13.2. The lowest BCUT2D eigenvalue weighted by atomic mass is 9.90. The first-order chi connectivity index (χ1) is 9.00. The number of amides is 1. The molecule has 1 aliphatic carbocycles. The molecule has 0 saturated heterocycles. The number of ether oxygens (including phenoxy) is 1. The van der Waals surface area contributed by atoms with Crippen LogP contribution in [0.1, 0.15) is 58.3 Å². The van der Waals surface area contributed by atoms with Gasteiger partial charge in [0.05, 0.1) is 0 Å². The van der Waals surface area contributed by atoms with E-state index in [1.807, 2.05) is 0 Å². The van der Waals surface area contributed by atoms with E-state index >= 15 is 0 Å². The van der Waals surface area contributed by atoms with Crippen molar-refractivity contribution in [2.24, 2.45) is 0 Å². The standard InChI is InChI=1S/C13H22FNO4/c1-2-7-10(14)19-12(18)15-13(11(16)17)8-5-3-4-6-9-13/h10H,2-9H2,1H3,(H,15,18)(H,16,17). The number of carboxylic acids is 1. The lowest BCUT2D eigenvalue weighted by molar-refractivity contribution is -0.145. The van der Waals surface area contributed by atoms with Crippen molar-refractivity contribution in [2.75, 3.05) is 0 Å². The minimum atomic E-state index is -1.68. The van der Waals surface area contributed by atoms with E-state index in [0.717, 1.165) is 25.7 Å². The molecule has 19 heavy (non-hydrogen) atoms. The number of hydrogen-bond donors (Lipinski definition) is 2. The predicted molar refractivity (Wildman–Crippen MR) is 67.5 cm³/mol. The Morgan fingerprint density at radius 1 is 1.32 bits per heavy atom. The van der Waals surface area contributed by atoms with Gasteiger partial charge in [-0.25, -0.2) is 14.0 Å². The first-order valence-electron chi connectivity index (χ1n) is 6.86. The van der Waals surface area contributed by atoms with Gasteiger partial charge < -0.3 is 15.2 Å². The second kappa shape index (κ2) is 7.31. The lowest BCUT2D eigenvalue weighted by Crippen LogP contribution is -2.54. The van der Waals surface area contributed by atoms with Gasteiger partial charge in [0.25, 0.3) is 0 Å². The fourth-order valence-corrected chi connectivity index (χ4v) is 2.35. The molecule has 1 rings (SSSR count). The van der Waals surface area contributed by atoms with Gasteiger partial charge >= 0.3 is 12.1 Å². The molecule has 0 spiro atoms. The van der Waals surface area contributed by atoms with Crippen molar-refractivity contribution in [3.05, 3.63) is 0 Å². The molecule has 110 valence electrons. The minimum Gasteiger partial charge on any atom is -0.480 e. The van der Waals surface area contributed by atoms with Gasteiger partial charge in [0.15, 0.2) is 0 Å². The highest BCUT2D eigenvalue weighted by molar-refractivity contribution is 5.84. The number of carbonyl (C=O) groups is 2. The number of rotatable bonds is 5. The van der Waals surface area contributed by atoms with Crippen molar-refractivity contribution >= 4 is 12.1 Å². The molecular formula is C13H22FNO4. The van der Waals surface area contributed by atoms with Crippen molar-refractivity contribution in [2.45, 2.75) is 70.2 Å². The van der Waals surface area contributed by atoms with Gasteiger partial charge in [-0.1, -0.05) is 32.6 Å². The van der Waals surface area contributed by atoms with Crippen LogP contribution in [-0.4, -0.2) is 29.1 Å². The summed E-state index contributed by atoms with van der Waals surface area (Å²) in [7, 11) is 0. The zero-order valence-electron chi connectivity index (χ0n) is 11.3. The molecule has 0 aromatic rings. The molecule has 1 fully saturated rings. The molecule has 2 N–H and O–H groups in total. The molecule has 5 nitrogen and oxygen atoms in total. The molecule has 0 heterocycles. The highest BCUT2D eigenvalue weighted by Crippen LogP contribution is 2.27. The molecule has 0 radical (unpaired) electrons. The number of halogens is 1. The van der Waals surface area contributed by atoms with Crippen LogP contribution in [0.2, 0.25) is 0 Å². The summed E-state index contributed by atoms with van der Waals surface area (Å²) in [6, 6.07) is 0. The summed E-state index contributed by atoms with van der Waals surface area (Å²) < 4.78 is 17.7. The van der Waals surface area contributed by atoms with E-state index in [1.54, 1.807) is 6.92 Å². The monoisotopic (exact) mass is 275 g/mol. The largest absolute Gasteiger partial charge is 0.480 e. The van der Waals surface area contributed by atoms with Crippen molar-refractivity contribution < 1.29 is 23.8 Å². The van der Waals surface area contributed by atoms with Gasteiger partial charge in [0.1, 0.15) is 5.54 Å². The summed E-state index contributed by atoms with van der Waals surface area (Å²) in [6.45, 7) is 1.78. The summed E-state index contributed by atoms with van der Waals surface area (Å²) >= 11 is 0. The molecule has 0 aromatic heterocycles. The number of hydrogen-bond acceptors (Lipinski definition) is 3. The molecule has 0 aromatic carbocycles. The van der Waals surface area contributed by atoms with E-state index in [-0.39, 0.29) is 6.42 Å². The molecule has 1 aliphatic rings. The van der Waals surface area contributed by atoms with Crippen LogP contribution in [0, 0.1) is 0 Å². The predicted octanol–water partition coefficient (Wildman–Crippen LogP) is 2.99. The first-order valence-corrected chi connectivity index (χ1v) is 6.86. The van der Waals surface area contributed by atoms with Crippen LogP contribution in [-0.2, 0) is 9.53 Å². The lowest BCUT2D eigenvalue weighted by Gasteiger charge is -2.29. The van der Waals surface area contributed by atoms with E-state index < -0.39 is 24.0 Å². The number of carboxylic acid groups (broad SMARTS) is 1. The van der Waals surface area contributed by atoms with Crippen LogP contribution in [0.25, 0.3) is 0 Å². The number of alkyl carbamates (subject to hydrolysis) is 1. The third-order valence-electron chi connectivity index (χ3n) is 3.46. The third-order valence-corrected chi connectivity index (χ3v) is 3.46. The number of aliphatic carboxylic acids is 1. The average Bonchev–Trinajstić information content (AvgIpc) is 2.55. The van der Waals surface area contributed by atoms with E-state index in [4.69, 9.17) is 0 Å². The Hall–Kier alpha value is -1.33. The summed E-state index contributed by atoms with van der Waals surface area (Å²) in [6.07, 6.45) is 2.12. The van der Waals surface area contributed by atoms with Gasteiger partial charge in [-0.05, 0) is 19.3 Å². The van der Waals surface area contributed by atoms with E-state index in [1.165, 1.54) is 0 Å². The molecular weight excluding hydrogens is 253 g/mol. The maximum absolute atomic E-state index is 13.2. The first kappa shape index (κ1) is 15.7. The normalized spacial score (nSPS) is 20.1. The van der Waals surface area contributed by atoms with Gasteiger partial charge in [-0.3, -0.25) is 0 Å². The molecule has 1 unspecified atom stereocenters. The number of alkyl halides is 1. The maximum Gasteiger partial charge on any atom is 0.410 e. The van der Waals surface area contributed by atoms with Crippen molar-refractivity contribution in [1.82, 2.24) is 5.32 Å². The summed E-state index contributed by atoms with van der Waals surface area (Å²) in [5.74, 6) is -1.07.